The van der Waals surface area contributed by atoms with Crippen LogP contribution in [0.2, 0.25) is 5.02 Å². The molecule has 1 heterocycles. The van der Waals surface area contributed by atoms with Crippen LogP contribution in [0, 0.1) is 12.3 Å². The van der Waals surface area contributed by atoms with Crippen LogP contribution in [0.3, 0.4) is 0 Å². The number of aryl methyl sites for hydroxylation is 1. The largest absolute Gasteiger partial charge is 0.316 e. The lowest BCUT2D eigenvalue weighted by atomic mass is 9.83. The second kappa shape index (κ2) is 7.29. The molecule has 1 saturated heterocycles. The number of sulfonamides is 1. The van der Waals surface area contributed by atoms with Gasteiger partial charge in [0.25, 0.3) is 0 Å². The molecule has 1 aromatic rings. The van der Waals surface area contributed by atoms with Gasteiger partial charge in [-0.2, -0.15) is 0 Å². The van der Waals surface area contributed by atoms with Gasteiger partial charge in [0.15, 0.2) is 0 Å². The Balaban J connectivity index is 0.00000220. The van der Waals surface area contributed by atoms with Gasteiger partial charge in [0.1, 0.15) is 0 Å². The van der Waals surface area contributed by atoms with Crippen molar-refractivity contribution in [1.29, 1.82) is 0 Å². The molecule has 0 aromatic heterocycles. The van der Waals surface area contributed by atoms with Gasteiger partial charge in [-0.3, -0.25) is 0 Å². The quantitative estimate of drug-likeness (QED) is 0.875. The van der Waals surface area contributed by atoms with Crippen molar-refractivity contribution in [3.63, 3.8) is 0 Å². The lowest BCUT2D eigenvalue weighted by molar-refractivity contribution is 0.238. The Bertz CT molecular complexity index is 585. The zero-order valence-corrected chi connectivity index (χ0v) is 14.7. The van der Waals surface area contributed by atoms with Crippen molar-refractivity contribution < 1.29 is 8.42 Å². The molecule has 0 spiro atoms. The minimum absolute atomic E-state index is 0. The van der Waals surface area contributed by atoms with Gasteiger partial charge in [-0.15, -0.1) is 12.4 Å². The van der Waals surface area contributed by atoms with Crippen molar-refractivity contribution in [2.75, 3.05) is 19.6 Å². The minimum atomic E-state index is -3.48. The van der Waals surface area contributed by atoms with E-state index in [1.165, 1.54) is 0 Å². The van der Waals surface area contributed by atoms with E-state index in [1.54, 1.807) is 25.1 Å². The predicted molar refractivity (Wildman–Crippen MR) is 88.8 cm³/mol. The molecular formula is C14H22Cl2N2O2S. The summed E-state index contributed by atoms with van der Waals surface area (Å²) in [5.74, 6) is 0. The second-order valence-electron chi connectivity index (χ2n) is 5.83. The van der Waals surface area contributed by atoms with E-state index in [9.17, 15) is 8.42 Å². The van der Waals surface area contributed by atoms with Gasteiger partial charge < -0.3 is 5.32 Å². The zero-order chi connectivity index (χ0) is 14.8. The molecule has 0 aliphatic carbocycles. The van der Waals surface area contributed by atoms with E-state index < -0.39 is 10.0 Å². The Hall–Kier alpha value is -0.330. The van der Waals surface area contributed by atoms with Crippen LogP contribution in [0.25, 0.3) is 0 Å². The number of benzene rings is 1. The first-order chi connectivity index (χ1) is 9.32. The van der Waals surface area contributed by atoms with Crippen LogP contribution in [0.15, 0.2) is 23.1 Å². The monoisotopic (exact) mass is 352 g/mol. The smallest absolute Gasteiger partial charge is 0.240 e. The van der Waals surface area contributed by atoms with E-state index in [0.717, 1.165) is 25.9 Å². The molecular weight excluding hydrogens is 331 g/mol. The fourth-order valence-corrected chi connectivity index (χ4v) is 4.18. The number of hydrogen-bond donors (Lipinski definition) is 2. The van der Waals surface area contributed by atoms with Crippen molar-refractivity contribution in [3.8, 4) is 0 Å². The van der Waals surface area contributed by atoms with Crippen LogP contribution in [0.4, 0.5) is 0 Å². The minimum Gasteiger partial charge on any atom is -0.316 e. The Kier molecular flexibility index (Phi) is 6.50. The summed E-state index contributed by atoms with van der Waals surface area (Å²) in [4.78, 5) is 0.300. The first-order valence-electron chi connectivity index (χ1n) is 6.79. The number of piperidine rings is 1. The van der Waals surface area contributed by atoms with E-state index in [0.29, 0.717) is 22.0 Å². The van der Waals surface area contributed by atoms with E-state index in [-0.39, 0.29) is 17.8 Å². The fraction of sp³-hybridized carbons (Fsp3) is 0.571. The van der Waals surface area contributed by atoms with Crippen LogP contribution in [-0.4, -0.2) is 28.1 Å². The number of rotatable bonds is 4. The molecule has 1 aliphatic heterocycles. The summed E-state index contributed by atoms with van der Waals surface area (Å²) in [6, 6.07) is 4.83. The van der Waals surface area contributed by atoms with E-state index in [2.05, 4.69) is 17.0 Å². The third kappa shape index (κ3) is 4.83. The highest BCUT2D eigenvalue weighted by Gasteiger charge is 2.29. The van der Waals surface area contributed by atoms with Gasteiger partial charge in [-0.05, 0) is 55.5 Å². The van der Waals surface area contributed by atoms with Gasteiger partial charge in [0.2, 0.25) is 10.0 Å². The van der Waals surface area contributed by atoms with Crippen molar-refractivity contribution >= 4 is 34.0 Å². The molecule has 0 saturated carbocycles. The maximum atomic E-state index is 12.4. The Morgan fingerprint density at radius 3 is 2.71 bits per heavy atom. The van der Waals surface area contributed by atoms with Gasteiger partial charge >= 0.3 is 0 Å². The number of hydrogen-bond acceptors (Lipinski definition) is 3. The lowest BCUT2D eigenvalue weighted by Crippen LogP contribution is -2.45. The van der Waals surface area contributed by atoms with Crippen molar-refractivity contribution in [2.24, 2.45) is 5.41 Å². The zero-order valence-electron chi connectivity index (χ0n) is 12.3. The summed E-state index contributed by atoms with van der Waals surface area (Å²) in [6.07, 6.45) is 2.11. The summed E-state index contributed by atoms with van der Waals surface area (Å²) in [5, 5.41) is 3.86. The summed E-state index contributed by atoms with van der Waals surface area (Å²) >= 11 is 5.86. The summed E-state index contributed by atoms with van der Waals surface area (Å²) in [5.41, 5.74) is 0.642. The Morgan fingerprint density at radius 1 is 1.43 bits per heavy atom. The Labute approximate surface area is 138 Å². The van der Waals surface area contributed by atoms with Crippen LogP contribution >= 0.6 is 24.0 Å². The van der Waals surface area contributed by atoms with Gasteiger partial charge in [0.05, 0.1) is 4.90 Å². The van der Waals surface area contributed by atoms with E-state index >= 15 is 0 Å². The predicted octanol–water partition coefficient (Wildman–Crippen LogP) is 2.74. The SMILES string of the molecule is Cc1cc(Cl)ccc1S(=O)(=O)NCC1(C)CCCNC1.Cl. The number of halogens is 2. The maximum Gasteiger partial charge on any atom is 0.240 e. The molecule has 1 unspecified atom stereocenters. The molecule has 1 fully saturated rings. The lowest BCUT2D eigenvalue weighted by Gasteiger charge is -2.34. The standard InChI is InChI=1S/C14H21ClN2O2S.ClH/c1-11-8-12(15)4-5-13(11)20(18,19)17-10-14(2)6-3-7-16-9-14;/h4-5,8,16-17H,3,6-7,9-10H2,1-2H3;1H. The molecule has 2 rings (SSSR count). The summed E-state index contributed by atoms with van der Waals surface area (Å²) in [7, 11) is -3.48. The Morgan fingerprint density at radius 2 is 2.14 bits per heavy atom. The van der Waals surface area contributed by atoms with Crippen molar-refractivity contribution in [1.82, 2.24) is 10.0 Å². The van der Waals surface area contributed by atoms with Gasteiger partial charge in [-0.1, -0.05) is 18.5 Å². The first kappa shape index (κ1) is 18.7. The molecule has 0 bridgehead atoms. The van der Waals surface area contributed by atoms with Gasteiger partial charge in [0, 0.05) is 18.1 Å². The van der Waals surface area contributed by atoms with Crippen LogP contribution in [-0.2, 0) is 10.0 Å². The molecule has 1 aliphatic rings. The molecule has 0 radical (unpaired) electrons. The first-order valence-corrected chi connectivity index (χ1v) is 8.65. The fourth-order valence-electron chi connectivity index (χ4n) is 2.53. The van der Waals surface area contributed by atoms with E-state index in [4.69, 9.17) is 11.6 Å². The van der Waals surface area contributed by atoms with Gasteiger partial charge in [-0.25, -0.2) is 13.1 Å². The van der Waals surface area contributed by atoms with E-state index in [1.807, 2.05) is 0 Å². The van der Waals surface area contributed by atoms with Crippen molar-refractivity contribution in [3.05, 3.63) is 28.8 Å². The average Bonchev–Trinajstić information content (AvgIpc) is 2.37. The average molecular weight is 353 g/mol. The topological polar surface area (TPSA) is 58.2 Å². The molecule has 2 N–H and O–H groups in total. The molecule has 7 heteroatoms. The molecule has 21 heavy (non-hydrogen) atoms. The van der Waals surface area contributed by atoms with Crippen LogP contribution in [0.5, 0.6) is 0 Å². The third-order valence-electron chi connectivity index (χ3n) is 3.80. The molecule has 1 atom stereocenters. The second-order valence-corrected chi connectivity index (χ2v) is 8.00. The highest BCUT2D eigenvalue weighted by atomic mass is 35.5. The molecule has 1 aromatic carbocycles. The molecule has 4 nitrogen and oxygen atoms in total. The maximum absolute atomic E-state index is 12.4. The summed E-state index contributed by atoms with van der Waals surface area (Å²) in [6.45, 7) is 6.17. The summed E-state index contributed by atoms with van der Waals surface area (Å²) < 4.78 is 27.5. The molecule has 0 amide bonds. The normalized spacial score (nSPS) is 22.6. The highest BCUT2D eigenvalue weighted by molar-refractivity contribution is 7.89. The third-order valence-corrected chi connectivity index (χ3v) is 5.60. The van der Waals surface area contributed by atoms with Crippen LogP contribution in [0.1, 0.15) is 25.3 Å². The van der Waals surface area contributed by atoms with Crippen LogP contribution < -0.4 is 10.0 Å². The van der Waals surface area contributed by atoms with Crippen molar-refractivity contribution in [2.45, 2.75) is 31.6 Å². The highest BCUT2D eigenvalue weighted by Crippen LogP contribution is 2.26. The molecule has 120 valence electrons. The number of nitrogens with one attached hydrogen (secondary N) is 2.